The first-order valence-corrected chi connectivity index (χ1v) is 8.81. The molecule has 1 aromatic rings. The molecule has 138 valence electrons. The lowest BCUT2D eigenvalue weighted by Gasteiger charge is -2.16. The van der Waals surface area contributed by atoms with E-state index in [-0.39, 0.29) is 24.7 Å². The van der Waals surface area contributed by atoms with Gasteiger partial charge in [-0.2, -0.15) is 0 Å². The fourth-order valence-electron chi connectivity index (χ4n) is 2.37. The predicted octanol–water partition coefficient (Wildman–Crippen LogP) is 2.36. The van der Waals surface area contributed by atoms with Crippen LogP contribution in [0.25, 0.3) is 0 Å². The molecule has 0 spiro atoms. The van der Waals surface area contributed by atoms with Gasteiger partial charge in [0.05, 0.1) is 12.5 Å². The Hall–Kier alpha value is -2.37. The molecule has 1 atom stereocenters. The van der Waals surface area contributed by atoms with Crippen molar-refractivity contribution >= 4 is 17.6 Å². The van der Waals surface area contributed by atoms with Gasteiger partial charge >= 0.3 is 0 Å². The summed E-state index contributed by atoms with van der Waals surface area (Å²) in [5.74, 6) is -0.699. The largest absolute Gasteiger partial charge is 0.486 e. The number of ether oxygens (including phenoxy) is 1. The summed E-state index contributed by atoms with van der Waals surface area (Å²) < 4.78 is 5.38. The van der Waals surface area contributed by atoms with Gasteiger partial charge in [-0.1, -0.05) is 50.8 Å². The minimum absolute atomic E-state index is 0.223. The van der Waals surface area contributed by atoms with Crippen LogP contribution in [-0.2, 0) is 14.4 Å². The summed E-state index contributed by atoms with van der Waals surface area (Å²) in [6, 6.07) is 7.94. The number of amides is 2. The minimum atomic E-state index is -0.940. The number of primary amides is 1. The van der Waals surface area contributed by atoms with E-state index in [4.69, 9.17) is 10.5 Å². The zero-order valence-electron chi connectivity index (χ0n) is 14.8. The number of hydrogen-bond donors (Lipinski definition) is 2. The highest BCUT2D eigenvalue weighted by Gasteiger charge is 2.23. The molecule has 1 rings (SSSR count). The summed E-state index contributed by atoms with van der Waals surface area (Å²) in [5, 5.41) is 2.61. The van der Waals surface area contributed by atoms with Crippen LogP contribution in [0.15, 0.2) is 30.3 Å². The third kappa shape index (κ3) is 9.49. The van der Waals surface area contributed by atoms with E-state index in [2.05, 4.69) is 12.2 Å². The van der Waals surface area contributed by atoms with Gasteiger partial charge in [-0.3, -0.25) is 14.4 Å². The molecule has 0 radical (unpaired) electrons. The van der Waals surface area contributed by atoms with Crippen LogP contribution in [0.4, 0.5) is 0 Å². The molecule has 25 heavy (non-hydrogen) atoms. The normalized spacial score (nSPS) is 11.6. The second kappa shape index (κ2) is 12.1. The molecule has 0 bridgehead atoms. The first-order chi connectivity index (χ1) is 12.0. The lowest BCUT2D eigenvalue weighted by molar-refractivity contribution is -0.131. The van der Waals surface area contributed by atoms with Crippen LogP contribution >= 0.6 is 0 Å². The zero-order chi connectivity index (χ0) is 18.5. The van der Waals surface area contributed by atoms with E-state index in [0.717, 1.165) is 32.1 Å². The van der Waals surface area contributed by atoms with Crippen LogP contribution in [0.2, 0.25) is 0 Å². The lowest BCUT2D eigenvalue weighted by atomic mass is 10.1. The third-order valence-corrected chi connectivity index (χ3v) is 3.76. The van der Waals surface area contributed by atoms with Crippen LogP contribution < -0.4 is 15.8 Å². The molecular formula is C19H28N2O4. The molecule has 1 unspecified atom stereocenters. The highest BCUT2D eigenvalue weighted by Crippen LogP contribution is 2.09. The fourth-order valence-corrected chi connectivity index (χ4v) is 2.37. The molecule has 0 aromatic heterocycles. The van der Waals surface area contributed by atoms with E-state index >= 15 is 0 Å². The minimum Gasteiger partial charge on any atom is -0.486 e. The van der Waals surface area contributed by atoms with E-state index in [1.807, 2.05) is 6.07 Å². The van der Waals surface area contributed by atoms with E-state index < -0.39 is 11.9 Å². The smallest absolute Gasteiger partial charge is 0.220 e. The molecule has 0 saturated heterocycles. The molecular weight excluding hydrogens is 320 g/mol. The van der Waals surface area contributed by atoms with E-state index in [0.29, 0.717) is 12.2 Å². The summed E-state index contributed by atoms with van der Waals surface area (Å²) >= 11 is 0. The molecule has 0 heterocycles. The number of hydrogen-bond acceptors (Lipinski definition) is 4. The standard InChI is InChI=1S/C19H28N2O4/c1-2-3-4-5-9-12-19(24)21-16(13-18(20)23)17(22)14-25-15-10-7-6-8-11-15/h6-8,10-11,16H,2-5,9,12-14H2,1H3,(H2,20,23)(H,21,24). The van der Waals surface area contributed by atoms with Gasteiger partial charge in [0, 0.05) is 6.42 Å². The van der Waals surface area contributed by atoms with Crippen LogP contribution in [0, 0.1) is 0 Å². The number of nitrogens with two attached hydrogens (primary N) is 1. The quantitative estimate of drug-likeness (QED) is 0.535. The van der Waals surface area contributed by atoms with Gasteiger partial charge in [0.15, 0.2) is 5.78 Å². The zero-order valence-corrected chi connectivity index (χ0v) is 14.8. The van der Waals surface area contributed by atoms with Crippen LogP contribution in [0.3, 0.4) is 0 Å². The van der Waals surface area contributed by atoms with Crippen molar-refractivity contribution in [1.82, 2.24) is 5.32 Å². The number of Topliss-reactive ketones (excluding diaryl/α,β-unsaturated/α-hetero) is 1. The van der Waals surface area contributed by atoms with Crippen molar-refractivity contribution in [2.45, 2.75) is 57.9 Å². The highest BCUT2D eigenvalue weighted by atomic mass is 16.5. The Morgan fingerprint density at radius 3 is 2.40 bits per heavy atom. The van der Waals surface area contributed by atoms with E-state index in [9.17, 15) is 14.4 Å². The first kappa shape index (κ1) is 20.7. The summed E-state index contributed by atoms with van der Waals surface area (Å²) in [7, 11) is 0. The van der Waals surface area contributed by atoms with Crippen molar-refractivity contribution in [2.24, 2.45) is 5.73 Å². The van der Waals surface area contributed by atoms with Gasteiger partial charge in [0.25, 0.3) is 0 Å². The molecule has 0 aliphatic heterocycles. The highest BCUT2D eigenvalue weighted by molar-refractivity contribution is 5.93. The van der Waals surface area contributed by atoms with Gasteiger partial charge in [0.2, 0.25) is 11.8 Å². The Morgan fingerprint density at radius 1 is 1.08 bits per heavy atom. The van der Waals surface area contributed by atoms with Gasteiger partial charge in [-0.25, -0.2) is 0 Å². The van der Waals surface area contributed by atoms with Crippen LogP contribution in [0.1, 0.15) is 51.9 Å². The number of carbonyl (C=O) groups excluding carboxylic acids is 3. The Labute approximate surface area is 149 Å². The van der Waals surface area contributed by atoms with Crippen molar-refractivity contribution in [3.63, 3.8) is 0 Å². The topological polar surface area (TPSA) is 98.5 Å². The maximum Gasteiger partial charge on any atom is 0.220 e. The second-order valence-electron chi connectivity index (χ2n) is 6.02. The summed E-state index contributed by atoms with van der Waals surface area (Å²) in [5.41, 5.74) is 5.19. The average Bonchev–Trinajstić information content (AvgIpc) is 2.59. The molecule has 0 saturated carbocycles. The Balaban J connectivity index is 2.44. The third-order valence-electron chi connectivity index (χ3n) is 3.76. The molecule has 2 amide bonds. The number of carbonyl (C=O) groups is 3. The van der Waals surface area contributed by atoms with Gasteiger partial charge in [-0.15, -0.1) is 0 Å². The summed E-state index contributed by atoms with van der Waals surface area (Å²) in [6.45, 7) is 1.91. The molecule has 1 aromatic carbocycles. The Bertz CT molecular complexity index is 546. The fraction of sp³-hybridized carbons (Fsp3) is 0.526. The number of unbranched alkanes of at least 4 members (excludes halogenated alkanes) is 4. The van der Waals surface area contributed by atoms with Gasteiger partial charge in [0.1, 0.15) is 12.4 Å². The average molecular weight is 348 g/mol. The second-order valence-corrected chi connectivity index (χ2v) is 6.02. The maximum atomic E-state index is 12.3. The molecule has 3 N–H and O–H groups in total. The van der Waals surface area contributed by atoms with Crippen molar-refractivity contribution in [3.8, 4) is 5.75 Å². The van der Waals surface area contributed by atoms with Crippen LogP contribution in [0.5, 0.6) is 5.75 Å². The van der Waals surface area contributed by atoms with Crippen LogP contribution in [-0.4, -0.2) is 30.2 Å². The Morgan fingerprint density at radius 2 is 1.76 bits per heavy atom. The van der Waals surface area contributed by atoms with Crippen molar-refractivity contribution in [2.75, 3.05) is 6.61 Å². The molecule has 6 heteroatoms. The molecule has 0 aliphatic rings. The monoisotopic (exact) mass is 348 g/mol. The van der Waals surface area contributed by atoms with Gasteiger partial charge in [-0.05, 0) is 18.6 Å². The summed E-state index contributed by atoms with van der Waals surface area (Å²) in [6.07, 6.45) is 5.25. The Kier molecular flexibility index (Phi) is 9.97. The molecule has 0 fully saturated rings. The van der Waals surface area contributed by atoms with Gasteiger partial charge < -0.3 is 15.8 Å². The van der Waals surface area contributed by atoms with E-state index in [1.54, 1.807) is 24.3 Å². The number of nitrogens with one attached hydrogen (secondary N) is 1. The van der Waals surface area contributed by atoms with Crippen molar-refractivity contribution in [1.29, 1.82) is 0 Å². The predicted molar refractivity (Wildman–Crippen MR) is 96.1 cm³/mol. The van der Waals surface area contributed by atoms with E-state index in [1.165, 1.54) is 0 Å². The first-order valence-electron chi connectivity index (χ1n) is 8.81. The number of benzene rings is 1. The van der Waals surface area contributed by atoms with Crippen molar-refractivity contribution in [3.05, 3.63) is 30.3 Å². The SMILES string of the molecule is CCCCCCCC(=O)NC(CC(N)=O)C(=O)COc1ccccc1. The van der Waals surface area contributed by atoms with Crippen molar-refractivity contribution < 1.29 is 19.1 Å². The summed E-state index contributed by atoms with van der Waals surface area (Å²) in [4.78, 5) is 35.4. The number of para-hydroxylation sites is 1. The lowest BCUT2D eigenvalue weighted by Crippen LogP contribution is -2.45. The molecule has 0 aliphatic carbocycles. The number of ketones is 1. The molecule has 6 nitrogen and oxygen atoms in total. The number of rotatable bonds is 13. The maximum absolute atomic E-state index is 12.3.